The Morgan fingerprint density at radius 2 is 2.05 bits per heavy atom. The van der Waals surface area contributed by atoms with E-state index in [2.05, 4.69) is 28.3 Å². The Bertz CT molecular complexity index is 812. The largest absolute Gasteiger partial charge is 0.481 e. The summed E-state index contributed by atoms with van der Waals surface area (Å²) in [5, 5.41) is 13.1. The molecule has 0 aliphatic heterocycles. The van der Waals surface area contributed by atoms with Gasteiger partial charge in [0.1, 0.15) is 17.0 Å². The molecular weight excluding hydrogens is 298 g/mol. The van der Waals surface area contributed by atoms with E-state index in [1.807, 2.05) is 12.1 Å². The molecule has 112 valence electrons. The first kappa shape index (κ1) is 14.5. The van der Waals surface area contributed by atoms with Crippen LogP contribution in [0.4, 0.5) is 11.5 Å². The van der Waals surface area contributed by atoms with Gasteiger partial charge in [0.2, 0.25) is 0 Å². The molecule has 6 heteroatoms. The number of aromatic nitrogens is 2. The van der Waals surface area contributed by atoms with Crippen molar-refractivity contribution in [1.29, 1.82) is 0 Å². The van der Waals surface area contributed by atoms with Crippen molar-refractivity contribution in [3.8, 4) is 0 Å². The smallest absolute Gasteiger partial charge is 0.307 e. The maximum Gasteiger partial charge on any atom is 0.307 e. The number of hydrogen-bond acceptors (Lipinski definition) is 5. The normalized spacial score (nSPS) is 10.8. The molecular formula is C16H15N3O2S. The minimum Gasteiger partial charge on any atom is -0.481 e. The number of aryl methyl sites for hydroxylation is 1. The number of carbonyl (C=O) groups is 1. The zero-order chi connectivity index (χ0) is 15.5. The topological polar surface area (TPSA) is 75.1 Å². The highest BCUT2D eigenvalue weighted by Crippen LogP contribution is 2.30. The van der Waals surface area contributed by atoms with Crippen molar-refractivity contribution in [2.75, 3.05) is 5.32 Å². The van der Waals surface area contributed by atoms with Crippen molar-refractivity contribution in [2.24, 2.45) is 0 Å². The van der Waals surface area contributed by atoms with Crippen LogP contribution in [0.5, 0.6) is 0 Å². The number of hydrogen-bond donors (Lipinski definition) is 2. The van der Waals surface area contributed by atoms with Gasteiger partial charge in [-0.15, -0.1) is 11.3 Å². The molecule has 0 bridgehead atoms. The van der Waals surface area contributed by atoms with Crippen molar-refractivity contribution in [3.63, 3.8) is 0 Å². The third-order valence-electron chi connectivity index (χ3n) is 3.30. The van der Waals surface area contributed by atoms with Crippen LogP contribution in [-0.2, 0) is 17.6 Å². The number of rotatable bonds is 5. The molecule has 0 radical (unpaired) electrons. The summed E-state index contributed by atoms with van der Waals surface area (Å²) in [7, 11) is 0. The summed E-state index contributed by atoms with van der Waals surface area (Å²) >= 11 is 1.67. The summed E-state index contributed by atoms with van der Waals surface area (Å²) in [6, 6.07) is 9.44. The molecule has 3 rings (SSSR count). The van der Waals surface area contributed by atoms with E-state index in [4.69, 9.17) is 5.11 Å². The van der Waals surface area contributed by atoms with Crippen LogP contribution in [0.1, 0.15) is 17.4 Å². The Hall–Kier alpha value is -2.47. The predicted molar refractivity (Wildman–Crippen MR) is 87.9 cm³/mol. The fourth-order valence-corrected chi connectivity index (χ4v) is 3.13. The average molecular weight is 313 g/mol. The number of thiophene rings is 1. The van der Waals surface area contributed by atoms with E-state index in [-0.39, 0.29) is 6.42 Å². The van der Waals surface area contributed by atoms with Gasteiger partial charge < -0.3 is 10.4 Å². The SMILES string of the molecule is CCc1cc2c(Nc3ccc(CC(=O)O)cc3)ncnc2s1. The van der Waals surface area contributed by atoms with Crippen molar-refractivity contribution >= 4 is 39.0 Å². The molecule has 3 aromatic rings. The van der Waals surface area contributed by atoms with Crippen molar-refractivity contribution in [1.82, 2.24) is 9.97 Å². The standard InChI is InChI=1S/C16H15N3O2S/c1-2-12-8-13-15(17-9-18-16(13)22-12)19-11-5-3-10(4-6-11)7-14(20)21/h3-6,8-9H,2,7H2,1H3,(H,20,21)(H,17,18,19). The molecule has 2 aromatic heterocycles. The fraction of sp³-hybridized carbons (Fsp3) is 0.188. The zero-order valence-electron chi connectivity index (χ0n) is 12.0. The summed E-state index contributed by atoms with van der Waals surface area (Å²) in [5.74, 6) is -0.0597. The Morgan fingerprint density at radius 1 is 1.27 bits per heavy atom. The van der Waals surface area contributed by atoms with Crippen LogP contribution < -0.4 is 5.32 Å². The van der Waals surface area contributed by atoms with Crippen molar-refractivity contribution in [3.05, 3.63) is 47.1 Å². The van der Waals surface area contributed by atoms with Crippen LogP contribution in [0.2, 0.25) is 0 Å². The van der Waals surface area contributed by atoms with Gasteiger partial charge in [0, 0.05) is 10.6 Å². The van der Waals surface area contributed by atoms with Crippen LogP contribution in [0.25, 0.3) is 10.2 Å². The Labute approximate surface area is 131 Å². The van der Waals surface area contributed by atoms with E-state index in [1.54, 1.807) is 29.8 Å². The second-order valence-corrected chi connectivity index (χ2v) is 6.02. The number of anilines is 2. The molecule has 2 heterocycles. The highest BCUT2D eigenvalue weighted by atomic mass is 32.1. The van der Waals surface area contributed by atoms with Crippen LogP contribution >= 0.6 is 11.3 Å². The second-order valence-electron chi connectivity index (χ2n) is 4.90. The van der Waals surface area contributed by atoms with Gasteiger partial charge in [-0.3, -0.25) is 4.79 Å². The lowest BCUT2D eigenvalue weighted by atomic mass is 10.1. The maximum atomic E-state index is 10.7. The van der Waals surface area contributed by atoms with Gasteiger partial charge in [0.25, 0.3) is 0 Å². The van der Waals surface area contributed by atoms with Crippen LogP contribution in [0.15, 0.2) is 36.7 Å². The minimum atomic E-state index is -0.830. The van der Waals surface area contributed by atoms with Gasteiger partial charge in [-0.05, 0) is 30.2 Å². The molecule has 0 spiro atoms. The number of nitrogens with zero attached hydrogens (tertiary/aromatic N) is 2. The van der Waals surface area contributed by atoms with E-state index < -0.39 is 5.97 Å². The first-order chi connectivity index (χ1) is 10.7. The fourth-order valence-electron chi connectivity index (χ4n) is 2.20. The van der Waals surface area contributed by atoms with Crippen LogP contribution in [0, 0.1) is 0 Å². The number of fused-ring (bicyclic) bond motifs is 1. The monoisotopic (exact) mass is 313 g/mol. The summed E-state index contributed by atoms with van der Waals surface area (Å²) < 4.78 is 0. The molecule has 22 heavy (non-hydrogen) atoms. The molecule has 0 saturated heterocycles. The van der Waals surface area contributed by atoms with Crippen LogP contribution in [-0.4, -0.2) is 21.0 Å². The van der Waals surface area contributed by atoms with E-state index in [0.29, 0.717) is 0 Å². The molecule has 1 aromatic carbocycles. The highest BCUT2D eigenvalue weighted by molar-refractivity contribution is 7.18. The predicted octanol–water partition coefficient (Wildman–Crippen LogP) is 3.62. The third-order valence-corrected chi connectivity index (χ3v) is 4.49. The summed E-state index contributed by atoms with van der Waals surface area (Å²) in [6.07, 6.45) is 2.56. The quantitative estimate of drug-likeness (QED) is 0.752. The molecule has 0 saturated carbocycles. The Kier molecular flexibility index (Phi) is 4.02. The van der Waals surface area contributed by atoms with Gasteiger partial charge in [-0.25, -0.2) is 9.97 Å². The highest BCUT2D eigenvalue weighted by Gasteiger charge is 2.08. The lowest BCUT2D eigenvalue weighted by molar-refractivity contribution is -0.136. The van der Waals surface area contributed by atoms with E-state index in [0.717, 1.165) is 33.7 Å². The van der Waals surface area contributed by atoms with Gasteiger partial charge in [0.05, 0.1) is 11.8 Å². The van der Waals surface area contributed by atoms with Gasteiger partial charge >= 0.3 is 5.97 Å². The number of benzene rings is 1. The lowest BCUT2D eigenvalue weighted by Gasteiger charge is -2.07. The molecule has 0 atom stereocenters. The average Bonchev–Trinajstić information content (AvgIpc) is 2.93. The number of carboxylic acid groups (broad SMARTS) is 1. The Morgan fingerprint density at radius 3 is 2.73 bits per heavy atom. The lowest BCUT2D eigenvalue weighted by Crippen LogP contribution is -2.00. The maximum absolute atomic E-state index is 10.7. The Balaban J connectivity index is 1.86. The summed E-state index contributed by atoms with van der Waals surface area (Å²) in [4.78, 5) is 21.5. The summed E-state index contributed by atoms with van der Waals surface area (Å²) in [5.41, 5.74) is 1.65. The van der Waals surface area contributed by atoms with Crippen molar-refractivity contribution in [2.45, 2.75) is 19.8 Å². The first-order valence-corrected chi connectivity index (χ1v) is 7.78. The third kappa shape index (κ3) is 3.07. The molecule has 0 unspecified atom stereocenters. The molecule has 0 fully saturated rings. The first-order valence-electron chi connectivity index (χ1n) is 6.97. The van der Waals surface area contributed by atoms with Gasteiger partial charge in [-0.2, -0.15) is 0 Å². The van der Waals surface area contributed by atoms with E-state index in [1.165, 1.54) is 4.88 Å². The molecule has 0 aliphatic rings. The zero-order valence-corrected chi connectivity index (χ0v) is 12.9. The number of nitrogens with one attached hydrogen (secondary N) is 1. The van der Waals surface area contributed by atoms with Crippen molar-refractivity contribution < 1.29 is 9.90 Å². The minimum absolute atomic E-state index is 0.0302. The molecule has 0 aliphatic carbocycles. The summed E-state index contributed by atoms with van der Waals surface area (Å²) in [6.45, 7) is 2.12. The van der Waals surface area contributed by atoms with Crippen LogP contribution in [0.3, 0.4) is 0 Å². The molecule has 2 N–H and O–H groups in total. The van der Waals surface area contributed by atoms with E-state index in [9.17, 15) is 4.79 Å². The number of carboxylic acids is 1. The second kappa shape index (κ2) is 6.11. The van der Waals surface area contributed by atoms with Gasteiger partial charge in [-0.1, -0.05) is 19.1 Å². The molecule has 0 amide bonds. The van der Waals surface area contributed by atoms with Gasteiger partial charge in [0.15, 0.2) is 0 Å². The molecule has 5 nitrogen and oxygen atoms in total. The number of aliphatic carboxylic acids is 1. The van der Waals surface area contributed by atoms with E-state index >= 15 is 0 Å².